The molecule has 2 fully saturated rings. The molecule has 0 radical (unpaired) electrons. The average Bonchev–Trinajstić information content (AvgIpc) is 3.54. The van der Waals surface area contributed by atoms with E-state index in [1.165, 1.54) is 0 Å². The first kappa shape index (κ1) is 21.4. The summed E-state index contributed by atoms with van der Waals surface area (Å²) in [4.78, 5) is 18.1. The van der Waals surface area contributed by atoms with Crippen LogP contribution in [0.15, 0.2) is 36.9 Å². The number of anilines is 1. The van der Waals surface area contributed by atoms with Crippen LogP contribution in [0, 0.1) is 5.92 Å². The number of benzene rings is 1. The molecule has 1 saturated carbocycles. The van der Waals surface area contributed by atoms with Crippen molar-refractivity contribution in [3.63, 3.8) is 0 Å². The highest BCUT2D eigenvalue weighted by Crippen LogP contribution is 2.37. The molecule has 8 heteroatoms. The number of aromatic nitrogens is 1. The molecule has 4 rings (SSSR count). The van der Waals surface area contributed by atoms with E-state index in [-0.39, 0.29) is 23.6 Å². The second-order valence-corrected chi connectivity index (χ2v) is 8.26. The summed E-state index contributed by atoms with van der Waals surface area (Å²) in [5.74, 6) is 0.118. The zero-order valence-electron chi connectivity index (χ0n) is 17.3. The van der Waals surface area contributed by atoms with Crippen molar-refractivity contribution < 1.29 is 18.0 Å². The Morgan fingerprint density at radius 1 is 1.29 bits per heavy atom. The molecule has 164 valence electrons. The Morgan fingerprint density at radius 2 is 2.03 bits per heavy atom. The van der Waals surface area contributed by atoms with Gasteiger partial charge in [0.05, 0.1) is 23.0 Å². The van der Waals surface area contributed by atoms with Crippen LogP contribution < -0.4 is 10.6 Å². The number of fused-ring (bicyclic) bond motifs is 1. The summed E-state index contributed by atoms with van der Waals surface area (Å²) in [5, 5.41) is 7.29. The molecule has 2 aliphatic rings. The largest absolute Gasteiger partial charge is 0.417 e. The quantitative estimate of drug-likeness (QED) is 0.695. The van der Waals surface area contributed by atoms with Crippen molar-refractivity contribution in [1.82, 2.24) is 15.2 Å². The molecule has 0 spiro atoms. The SMILES string of the molecule is C=C(c1nc(/C=C/CNC(=O)C2CC2)cc2c(NC3CN(C)C3)cccc12)C(F)(F)F. The first-order valence-electron chi connectivity index (χ1n) is 10.3. The molecule has 2 heterocycles. The predicted molar refractivity (Wildman–Crippen MR) is 117 cm³/mol. The van der Waals surface area contributed by atoms with Gasteiger partial charge in [0.25, 0.3) is 0 Å². The van der Waals surface area contributed by atoms with E-state index in [2.05, 4.69) is 27.1 Å². The van der Waals surface area contributed by atoms with Gasteiger partial charge < -0.3 is 15.5 Å². The molecule has 1 aliphatic carbocycles. The number of likely N-dealkylation sites (tertiary alicyclic amines) is 1. The molecule has 0 atom stereocenters. The molecule has 1 amide bonds. The minimum atomic E-state index is -4.58. The van der Waals surface area contributed by atoms with Crippen LogP contribution in [0.2, 0.25) is 0 Å². The van der Waals surface area contributed by atoms with Gasteiger partial charge in [-0.2, -0.15) is 13.2 Å². The van der Waals surface area contributed by atoms with E-state index in [9.17, 15) is 18.0 Å². The average molecular weight is 430 g/mol. The molecule has 1 aromatic carbocycles. The first-order valence-corrected chi connectivity index (χ1v) is 10.3. The third-order valence-corrected chi connectivity index (χ3v) is 5.58. The van der Waals surface area contributed by atoms with E-state index >= 15 is 0 Å². The van der Waals surface area contributed by atoms with Gasteiger partial charge in [-0.1, -0.05) is 24.8 Å². The van der Waals surface area contributed by atoms with Gasteiger partial charge in [-0.25, -0.2) is 4.98 Å². The number of nitrogens with zero attached hydrogens (tertiary/aromatic N) is 2. The summed E-state index contributed by atoms with van der Waals surface area (Å²) >= 11 is 0. The lowest BCUT2D eigenvalue weighted by atomic mass is 10.0. The number of carbonyl (C=O) groups is 1. The Hall–Kier alpha value is -2.87. The maximum atomic E-state index is 13.5. The highest BCUT2D eigenvalue weighted by atomic mass is 19.4. The second kappa shape index (κ2) is 8.34. The molecule has 1 aliphatic heterocycles. The van der Waals surface area contributed by atoms with E-state index in [4.69, 9.17) is 0 Å². The van der Waals surface area contributed by atoms with Gasteiger partial charge in [-0.05, 0) is 38.1 Å². The number of amides is 1. The van der Waals surface area contributed by atoms with Crippen LogP contribution in [0.25, 0.3) is 22.4 Å². The van der Waals surface area contributed by atoms with Gasteiger partial charge >= 0.3 is 6.18 Å². The number of nitrogens with one attached hydrogen (secondary N) is 2. The standard InChI is InChI=1S/C23H25F3N4O/c1-14(23(24,25)26)21-18-6-3-7-20(28-17-12-30(2)13-17)19(18)11-16(29-21)5-4-10-27-22(31)15-8-9-15/h3-7,11,15,17,28H,1,8-10,12-13H2,2H3,(H,27,31)/b5-4+. The van der Waals surface area contributed by atoms with Crippen LogP contribution >= 0.6 is 0 Å². The molecule has 0 unspecified atom stereocenters. The molecular weight excluding hydrogens is 405 g/mol. The zero-order valence-corrected chi connectivity index (χ0v) is 17.3. The van der Waals surface area contributed by atoms with Gasteiger partial charge in [0.2, 0.25) is 5.91 Å². The van der Waals surface area contributed by atoms with Crippen molar-refractivity contribution in [1.29, 1.82) is 0 Å². The number of halogens is 3. The van der Waals surface area contributed by atoms with Crippen molar-refractivity contribution in [2.24, 2.45) is 5.92 Å². The number of rotatable bonds is 7. The Balaban J connectivity index is 1.65. The number of hydrogen-bond acceptors (Lipinski definition) is 4. The Morgan fingerprint density at radius 3 is 2.68 bits per heavy atom. The molecule has 0 bridgehead atoms. The van der Waals surface area contributed by atoms with Gasteiger partial charge in [0, 0.05) is 42.0 Å². The van der Waals surface area contributed by atoms with Gasteiger partial charge in [0.15, 0.2) is 0 Å². The van der Waals surface area contributed by atoms with Gasteiger partial charge in [-0.15, -0.1) is 0 Å². The number of likely N-dealkylation sites (N-methyl/N-ethyl adjacent to an activating group) is 1. The number of hydrogen-bond donors (Lipinski definition) is 2. The topological polar surface area (TPSA) is 57.3 Å². The van der Waals surface area contributed by atoms with E-state index < -0.39 is 11.7 Å². The monoisotopic (exact) mass is 430 g/mol. The van der Waals surface area contributed by atoms with Crippen molar-refractivity contribution >= 4 is 34.0 Å². The number of alkyl halides is 3. The lowest BCUT2D eigenvalue weighted by Crippen LogP contribution is -2.52. The van der Waals surface area contributed by atoms with Gasteiger partial charge in [-0.3, -0.25) is 4.79 Å². The second-order valence-electron chi connectivity index (χ2n) is 8.26. The maximum absolute atomic E-state index is 13.5. The summed E-state index contributed by atoms with van der Waals surface area (Å²) in [6.07, 6.45) is 0.578. The molecule has 1 aromatic heterocycles. The minimum absolute atomic E-state index is 0.0132. The molecule has 31 heavy (non-hydrogen) atoms. The Kier molecular flexibility index (Phi) is 5.75. The fourth-order valence-electron chi connectivity index (χ4n) is 3.71. The van der Waals surface area contributed by atoms with Crippen LogP contribution in [-0.4, -0.2) is 54.7 Å². The van der Waals surface area contributed by atoms with Crippen molar-refractivity contribution in [3.05, 3.63) is 48.3 Å². The molecule has 2 aromatic rings. The zero-order chi connectivity index (χ0) is 22.2. The van der Waals surface area contributed by atoms with Crippen molar-refractivity contribution in [2.45, 2.75) is 25.1 Å². The predicted octanol–water partition coefficient (Wildman–Crippen LogP) is 4.08. The van der Waals surface area contributed by atoms with Crippen LogP contribution in [-0.2, 0) is 4.79 Å². The maximum Gasteiger partial charge on any atom is 0.417 e. The lowest BCUT2D eigenvalue weighted by molar-refractivity contribution is -0.122. The summed E-state index contributed by atoms with van der Waals surface area (Å²) in [6, 6.07) is 7.24. The molecular formula is C23H25F3N4O. The van der Waals surface area contributed by atoms with E-state index in [0.717, 1.165) is 31.6 Å². The van der Waals surface area contributed by atoms with E-state index in [1.54, 1.807) is 30.4 Å². The Bertz CT molecular complexity index is 1040. The van der Waals surface area contributed by atoms with Crippen LogP contribution in [0.4, 0.5) is 18.9 Å². The summed E-state index contributed by atoms with van der Waals surface area (Å²) in [7, 11) is 2.02. The van der Waals surface area contributed by atoms with E-state index in [0.29, 0.717) is 23.0 Å². The first-order chi connectivity index (χ1) is 14.7. The third kappa shape index (κ3) is 4.90. The van der Waals surface area contributed by atoms with Gasteiger partial charge in [0.1, 0.15) is 0 Å². The van der Waals surface area contributed by atoms with Crippen LogP contribution in [0.1, 0.15) is 24.2 Å². The summed E-state index contributed by atoms with van der Waals surface area (Å²) in [6.45, 7) is 5.31. The van der Waals surface area contributed by atoms with Crippen molar-refractivity contribution in [2.75, 3.05) is 32.0 Å². The third-order valence-electron chi connectivity index (χ3n) is 5.58. The number of allylic oxidation sites excluding steroid dienone is 1. The minimum Gasteiger partial charge on any atom is -0.379 e. The van der Waals surface area contributed by atoms with Crippen LogP contribution in [0.3, 0.4) is 0 Å². The fraction of sp³-hybridized carbons (Fsp3) is 0.391. The normalized spacial score (nSPS) is 17.7. The lowest BCUT2D eigenvalue weighted by Gasteiger charge is -2.37. The molecule has 1 saturated heterocycles. The highest BCUT2D eigenvalue weighted by molar-refractivity contribution is 6.00. The number of carbonyl (C=O) groups excluding carboxylic acids is 1. The van der Waals surface area contributed by atoms with E-state index in [1.807, 2.05) is 13.1 Å². The number of pyridine rings is 1. The smallest absolute Gasteiger partial charge is 0.379 e. The highest BCUT2D eigenvalue weighted by Gasteiger charge is 2.35. The molecule has 2 N–H and O–H groups in total. The summed E-state index contributed by atoms with van der Waals surface area (Å²) in [5.41, 5.74) is -0.00387. The fourth-order valence-corrected chi connectivity index (χ4v) is 3.71. The molecule has 5 nitrogen and oxygen atoms in total. The van der Waals surface area contributed by atoms with Crippen molar-refractivity contribution in [3.8, 4) is 0 Å². The summed E-state index contributed by atoms with van der Waals surface area (Å²) < 4.78 is 40.4. The van der Waals surface area contributed by atoms with Crippen LogP contribution in [0.5, 0.6) is 0 Å². The Labute approximate surface area is 179 Å².